The average molecular weight is 1160 g/mol. The number of unbranched alkanes of at least 4 members (excludes halogenated alkanes) is 2. The fraction of sp³-hybridized carbons (Fsp3) is 0.355. The normalized spacial score (nSPS) is 16.5. The van der Waals surface area contributed by atoms with Crippen LogP contribution in [0.4, 0.5) is 11.4 Å². The number of amides is 2. The van der Waals surface area contributed by atoms with E-state index >= 15 is 9.59 Å². The second-order valence-electron chi connectivity index (χ2n) is 19.4. The van der Waals surface area contributed by atoms with Gasteiger partial charge in [0.05, 0.1) is 64.2 Å². The number of anilines is 2. The van der Waals surface area contributed by atoms with Crippen molar-refractivity contribution in [1.82, 2.24) is 9.80 Å². The van der Waals surface area contributed by atoms with E-state index in [4.69, 9.17) is 47.4 Å². The zero-order valence-electron chi connectivity index (χ0n) is 47.5. The van der Waals surface area contributed by atoms with E-state index in [9.17, 15) is 9.59 Å². The van der Waals surface area contributed by atoms with Gasteiger partial charge in [-0.1, -0.05) is 47.8 Å². The molecule has 2 aliphatic rings. The number of benzene rings is 6. The van der Waals surface area contributed by atoms with E-state index in [-0.39, 0.29) is 35.8 Å². The summed E-state index contributed by atoms with van der Waals surface area (Å²) < 4.78 is 59.3. The Kier molecular flexibility index (Phi) is 20.8. The first-order chi connectivity index (χ1) is 39.7. The van der Waals surface area contributed by atoms with Crippen molar-refractivity contribution in [3.8, 4) is 46.0 Å². The van der Waals surface area contributed by atoms with Crippen LogP contribution in [0.25, 0.3) is 0 Å². The molecule has 8 rings (SSSR count). The summed E-state index contributed by atoms with van der Waals surface area (Å²) in [7, 11) is 13.3. The molecule has 0 radical (unpaired) electrons. The number of thioether (sulfide) groups is 2. The molecular weight excluding hydrogens is 1090 g/mol. The Balaban J connectivity index is 1.02. The molecule has 0 saturated heterocycles. The number of rotatable bonds is 28. The highest BCUT2D eigenvalue weighted by Gasteiger charge is 2.57. The molecule has 0 aliphatic carbocycles. The molecule has 2 atom stereocenters. The Labute approximate surface area is 487 Å². The maximum atomic E-state index is 15.2. The lowest BCUT2D eigenvalue weighted by Crippen LogP contribution is -2.52. The Bertz CT molecular complexity index is 2940. The minimum absolute atomic E-state index is 0.111. The van der Waals surface area contributed by atoms with Gasteiger partial charge in [-0.3, -0.25) is 9.59 Å². The van der Waals surface area contributed by atoms with E-state index in [1.54, 1.807) is 113 Å². The third-order valence-corrected chi connectivity index (χ3v) is 16.5. The molecule has 2 heterocycles. The quantitative estimate of drug-likeness (QED) is 0.0258. The molecule has 18 nitrogen and oxygen atoms in total. The van der Waals surface area contributed by atoms with Crippen molar-refractivity contribution in [2.45, 2.75) is 45.3 Å². The second-order valence-corrected chi connectivity index (χ2v) is 21.8. The predicted molar refractivity (Wildman–Crippen MR) is 314 cm³/mol. The summed E-state index contributed by atoms with van der Waals surface area (Å²) in [5.74, 6) is -0.406. The molecule has 2 amide bonds. The van der Waals surface area contributed by atoms with Crippen molar-refractivity contribution < 1.29 is 66.5 Å². The fourth-order valence-corrected chi connectivity index (χ4v) is 12.0. The van der Waals surface area contributed by atoms with E-state index in [1.807, 2.05) is 62.6 Å². The van der Waals surface area contributed by atoms with Gasteiger partial charge in [-0.15, -0.1) is 0 Å². The van der Waals surface area contributed by atoms with Gasteiger partial charge in [0.15, 0.2) is 0 Å². The smallest absolute Gasteiger partial charge is 0.419 e. The van der Waals surface area contributed by atoms with Crippen molar-refractivity contribution in [2.24, 2.45) is 0 Å². The molecular formula is C62H70N4O14S2. The zero-order chi connectivity index (χ0) is 58.2. The highest BCUT2D eigenvalue weighted by molar-refractivity contribution is 8.01. The first-order valence-electron chi connectivity index (χ1n) is 26.8. The third-order valence-electron chi connectivity index (χ3n) is 13.8. The van der Waals surface area contributed by atoms with Crippen molar-refractivity contribution in [3.05, 3.63) is 145 Å². The molecule has 434 valence electrons. The highest BCUT2D eigenvalue weighted by atomic mass is 32.2. The summed E-state index contributed by atoms with van der Waals surface area (Å²) in [6.45, 7) is 4.33. The molecule has 82 heavy (non-hydrogen) atoms. The van der Waals surface area contributed by atoms with E-state index < -0.39 is 33.6 Å². The van der Waals surface area contributed by atoms with E-state index in [0.717, 1.165) is 72.5 Å². The van der Waals surface area contributed by atoms with Gasteiger partial charge >= 0.3 is 11.9 Å². The summed E-state index contributed by atoms with van der Waals surface area (Å²) in [5, 5.41) is 0. The van der Waals surface area contributed by atoms with Crippen LogP contribution < -0.4 is 47.7 Å². The SMILES string of the molecule is COc1ccc(OCCN(C)CCCCOc2ccc(OC)cc2C2(OC(=O)C(=O)OC3(c4cc(OC)ccc4OCCCCN(C)CCOc4ccc(OC)cc4)Sc4ccccc4N(C)C3=O)Sc3ccccc3N(C)C2=O)cc1. The van der Waals surface area contributed by atoms with Crippen LogP contribution in [-0.2, 0) is 38.5 Å². The van der Waals surface area contributed by atoms with Crippen LogP contribution in [0.2, 0.25) is 0 Å². The Morgan fingerprint density at radius 1 is 0.439 bits per heavy atom. The standard InChI is InChI=1S/C62H70N4O14S2/c1-63(35-39-75-45-25-21-43(71-5)22-26-45)33-13-15-37-77-53-31-29-47(73-7)41-49(53)61(59(69)65(3)51-17-9-11-19-55(51)81-61)79-57(67)58(68)80-62(60(70)66(4)52-18-10-12-20-56(52)82-62)50-42-48(74-8)30-32-54(50)78-38-16-14-34-64(2)36-40-76-46-27-23-44(72-6)24-28-46/h9-12,17-32,41-42H,13-16,33-40H2,1-8H3. The van der Waals surface area contributed by atoms with Crippen LogP contribution >= 0.6 is 23.5 Å². The van der Waals surface area contributed by atoms with Crippen molar-refractivity contribution in [2.75, 3.05) is 119 Å². The first kappa shape index (κ1) is 60.3. The number of likely N-dealkylation sites (N-methyl/N-ethyl adjacent to an activating group) is 4. The van der Waals surface area contributed by atoms with Crippen LogP contribution in [-0.4, -0.2) is 143 Å². The molecule has 6 aromatic rings. The van der Waals surface area contributed by atoms with Crippen LogP contribution in [0, 0.1) is 0 Å². The number of hydrogen-bond donors (Lipinski definition) is 0. The summed E-state index contributed by atoms with van der Waals surface area (Å²) in [6.07, 6.45) is 2.78. The molecule has 0 N–H and O–H groups in total. The molecule has 0 bridgehead atoms. The number of para-hydroxylation sites is 2. The number of nitrogens with zero attached hydrogens (tertiary/aromatic N) is 4. The van der Waals surface area contributed by atoms with E-state index in [2.05, 4.69) is 9.80 Å². The fourth-order valence-electron chi connectivity index (χ4n) is 9.20. The Morgan fingerprint density at radius 3 is 1.17 bits per heavy atom. The highest BCUT2D eigenvalue weighted by Crippen LogP contribution is 2.56. The van der Waals surface area contributed by atoms with Crippen molar-refractivity contribution in [1.29, 1.82) is 0 Å². The maximum Gasteiger partial charge on any atom is 0.419 e. The second kappa shape index (κ2) is 28.3. The summed E-state index contributed by atoms with van der Waals surface area (Å²) >= 11 is 1.86. The average Bonchev–Trinajstić information content (AvgIpc) is 2.90. The molecule has 2 aliphatic heterocycles. The predicted octanol–water partition coefficient (Wildman–Crippen LogP) is 9.69. The van der Waals surface area contributed by atoms with E-state index in [1.165, 1.54) is 24.0 Å². The molecule has 2 unspecified atom stereocenters. The molecule has 0 fully saturated rings. The lowest BCUT2D eigenvalue weighted by atomic mass is 10.0. The monoisotopic (exact) mass is 1160 g/mol. The Hall–Kier alpha value is -7.78. The number of fused-ring (bicyclic) bond motifs is 2. The maximum absolute atomic E-state index is 15.2. The van der Waals surface area contributed by atoms with Crippen LogP contribution in [0.5, 0.6) is 46.0 Å². The van der Waals surface area contributed by atoms with Gasteiger partial charge in [-0.25, -0.2) is 9.59 Å². The van der Waals surface area contributed by atoms with Crippen molar-refractivity contribution >= 4 is 58.7 Å². The van der Waals surface area contributed by atoms with Gasteiger partial charge in [0.1, 0.15) is 59.2 Å². The molecule has 6 aromatic carbocycles. The topological polar surface area (TPSA) is 174 Å². The minimum Gasteiger partial charge on any atom is -0.497 e. The van der Waals surface area contributed by atoms with Crippen LogP contribution in [0.1, 0.15) is 36.8 Å². The summed E-state index contributed by atoms with van der Waals surface area (Å²) in [6, 6.07) is 38.9. The van der Waals surface area contributed by atoms with Crippen molar-refractivity contribution in [3.63, 3.8) is 0 Å². The third kappa shape index (κ3) is 14.3. The zero-order valence-corrected chi connectivity index (χ0v) is 49.1. The number of esters is 2. The largest absolute Gasteiger partial charge is 0.497 e. The number of hydrogen-bond acceptors (Lipinski definition) is 18. The van der Waals surface area contributed by atoms with Crippen LogP contribution in [0.3, 0.4) is 0 Å². The van der Waals surface area contributed by atoms with Gasteiger partial charge < -0.3 is 67.0 Å². The summed E-state index contributed by atoms with van der Waals surface area (Å²) in [4.78, 5) is 63.8. The number of carbonyl (C=O) groups is 4. The molecule has 0 spiro atoms. The van der Waals surface area contributed by atoms with Gasteiger partial charge in [0.25, 0.3) is 21.7 Å². The lowest BCUT2D eigenvalue weighted by Gasteiger charge is -2.41. The van der Waals surface area contributed by atoms with Gasteiger partial charge in [0.2, 0.25) is 0 Å². The molecule has 0 aromatic heterocycles. The number of carbonyl (C=O) groups excluding carboxylic acids is 4. The number of ether oxygens (including phenoxy) is 10. The lowest BCUT2D eigenvalue weighted by molar-refractivity contribution is -0.180. The van der Waals surface area contributed by atoms with Gasteiger partial charge in [0, 0.05) is 37.0 Å². The molecule has 20 heteroatoms. The van der Waals surface area contributed by atoms with Gasteiger partial charge in [-0.2, -0.15) is 0 Å². The first-order valence-corrected chi connectivity index (χ1v) is 28.5. The van der Waals surface area contributed by atoms with E-state index in [0.29, 0.717) is 71.8 Å². The Morgan fingerprint density at radius 2 is 0.793 bits per heavy atom. The number of methoxy groups -OCH3 is 4. The summed E-state index contributed by atoms with van der Waals surface area (Å²) in [5.41, 5.74) is 1.32. The van der Waals surface area contributed by atoms with Crippen LogP contribution in [0.15, 0.2) is 143 Å². The minimum atomic E-state index is -2.28. The van der Waals surface area contributed by atoms with Gasteiger partial charge in [-0.05, 0) is 162 Å². The molecule has 0 saturated carbocycles.